The minimum atomic E-state index is -0.216. The van der Waals surface area contributed by atoms with Crippen LogP contribution < -0.4 is 19.1 Å². The number of carbonyl (C=O) groups excluding carboxylic acids is 3. The second kappa shape index (κ2) is 6.70. The van der Waals surface area contributed by atoms with Gasteiger partial charge in [0.15, 0.2) is 23.9 Å². The molecule has 2 aromatic carbocycles. The van der Waals surface area contributed by atoms with Gasteiger partial charge in [0.25, 0.3) is 0 Å². The Hall–Kier alpha value is -3.61. The summed E-state index contributed by atoms with van der Waals surface area (Å²) >= 11 is 0. The van der Waals surface area contributed by atoms with Gasteiger partial charge in [0.1, 0.15) is 5.75 Å². The zero-order valence-electron chi connectivity index (χ0n) is 17.7. The van der Waals surface area contributed by atoms with E-state index in [2.05, 4.69) is 12.2 Å². The number of imide groups is 1. The SMILES string of the molecule is O=C(COc1ccc(N2C(=O)[C@@H]3[C@H](C2=O)[C@@H]2C=C[C@H]3C3CC32)cc1)c1ccc2c(c1)OCO2. The fourth-order valence-corrected chi connectivity index (χ4v) is 6.21. The molecule has 0 radical (unpaired) electrons. The van der Waals surface area contributed by atoms with Crippen LogP contribution in [-0.4, -0.2) is 31.0 Å². The maximum Gasteiger partial charge on any atom is 0.238 e. The van der Waals surface area contributed by atoms with Crippen molar-refractivity contribution in [3.8, 4) is 17.2 Å². The van der Waals surface area contributed by atoms with Crippen LogP contribution in [0, 0.1) is 35.5 Å². The first kappa shape index (κ1) is 18.9. The Morgan fingerprint density at radius 1 is 0.909 bits per heavy atom. The second-order valence-corrected chi connectivity index (χ2v) is 9.44. The molecule has 4 aliphatic carbocycles. The summed E-state index contributed by atoms with van der Waals surface area (Å²) in [5, 5.41) is 0. The van der Waals surface area contributed by atoms with Gasteiger partial charge >= 0.3 is 0 Å². The predicted molar refractivity (Wildman–Crippen MR) is 116 cm³/mol. The summed E-state index contributed by atoms with van der Waals surface area (Å²) in [5.41, 5.74) is 1.04. The van der Waals surface area contributed by atoms with Crippen molar-refractivity contribution in [3.63, 3.8) is 0 Å². The number of nitrogens with zero attached hydrogens (tertiary/aromatic N) is 1. The van der Waals surface area contributed by atoms with Crippen LogP contribution in [0.4, 0.5) is 5.69 Å². The number of allylic oxidation sites excluding steroid dienone is 2. The Morgan fingerprint density at radius 3 is 2.27 bits per heavy atom. The smallest absolute Gasteiger partial charge is 0.238 e. The standard InChI is InChI=1S/C26H21NO6/c28-20(13-1-8-21-22(9-13)33-12-32-21)11-31-15-4-2-14(3-5-15)27-25(29)23-16-6-7-17(19-10-18(16)19)24(23)26(27)30/h1-9,16-19,23-24H,10-12H2/t16-,17+,18?,19?,23-,24+. The van der Waals surface area contributed by atoms with E-state index >= 15 is 0 Å². The topological polar surface area (TPSA) is 82.1 Å². The van der Waals surface area contributed by atoms with Crippen LogP contribution >= 0.6 is 0 Å². The summed E-state index contributed by atoms with van der Waals surface area (Å²) in [6, 6.07) is 11.8. The van der Waals surface area contributed by atoms with Crippen LogP contribution in [0.2, 0.25) is 0 Å². The van der Waals surface area contributed by atoms with E-state index in [1.54, 1.807) is 42.5 Å². The predicted octanol–water partition coefficient (Wildman–Crippen LogP) is 3.23. The van der Waals surface area contributed by atoms with Crippen LogP contribution in [0.3, 0.4) is 0 Å². The summed E-state index contributed by atoms with van der Waals surface area (Å²) in [4.78, 5) is 40.3. The summed E-state index contributed by atoms with van der Waals surface area (Å²) in [6.45, 7) is 0.0147. The summed E-state index contributed by atoms with van der Waals surface area (Å²) < 4.78 is 16.2. The number of hydrogen-bond donors (Lipinski definition) is 0. The molecule has 0 N–H and O–H groups in total. The Kier molecular flexibility index (Phi) is 3.84. The van der Waals surface area contributed by atoms with Crippen molar-refractivity contribution >= 4 is 23.3 Å². The Balaban J connectivity index is 1.05. The normalized spacial score (nSPS) is 32.1. The van der Waals surface area contributed by atoms with Gasteiger partial charge in [-0.05, 0) is 72.6 Å². The lowest BCUT2D eigenvalue weighted by atomic mass is 9.63. The molecule has 166 valence electrons. The molecule has 6 atom stereocenters. The van der Waals surface area contributed by atoms with Crippen LogP contribution in [0.25, 0.3) is 0 Å². The molecule has 6 aliphatic rings. The van der Waals surface area contributed by atoms with Gasteiger partial charge < -0.3 is 14.2 Å². The number of benzene rings is 2. The third-order valence-corrected chi connectivity index (χ3v) is 7.82. The third-order valence-electron chi connectivity index (χ3n) is 7.82. The minimum absolute atomic E-state index is 0.0821. The fourth-order valence-electron chi connectivity index (χ4n) is 6.21. The number of hydrogen-bond acceptors (Lipinski definition) is 6. The molecule has 0 spiro atoms. The zero-order chi connectivity index (χ0) is 22.3. The highest BCUT2D eigenvalue weighted by atomic mass is 16.7. The number of fused-ring (bicyclic) bond motifs is 1. The van der Waals surface area contributed by atoms with E-state index in [1.807, 2.05) is 0 Å². The van der Waals surface area contributed by atoms with Gasteiger partial charge in [-0.2, -0.15) is 0 Å². The maximum atomic E-state index is 13.2. The van der Waals surface area contributed by atoms with E-state index in [0.29, 0.717) is 40.3 Å². The molecule has 2 aliphatic heterocycles. The van der Waals surface area contributed by atoms with Crippen LogP contribution in [0.5, 0.6) is 17.2 Å². The first-order chi connectivity index (χ1) is 16.1. The van der Waals surface area contributed by atoms with Crippen molar-refractivity contribution < 1.29 is 28.6 Å². The van der Waals surface area contributed by atoms with E-state index < -0.39 is 0 Å². The zero-order valence-corrected chi connectivity index (χ0v) is 17.7. The molecule has 2 heterocycles. The Bertz CT molecular complexity index is 1200. The molecule has 2 saturated carbocycles. The molecule has 7 nitrogen and oxygen atoms in total. The fraction of sp³-hybridized carbons (Fsp3) is 0.346. The second-order valence-electron chi connectivity index (χ2n) is 9.44. The van der Waals surface area contributed by atoms with Crippen molar-refractivity contribution in [1.82, 2.24) is 0 Å². The highest BCUT2D eigenvalue weighted by Gasteiger charge is 2.67. The number of ketones is 1. The molecular weight excluding hydrogens is 422 g/mol. The van der Waals surface area contributed by atoms with E-state index in [1.165, 1.54) is 4.90 Å². The van der Waals surface area contributed by atoms with Crippen molar-refractivity contribution in [1.29, 1.82) is 0 Å². The Labute approximate surface area is 189 Å². The van der Waals surface area contributed by atoms with Gasteiger partial charge in [0, 0.05) is 5.56 Å². The van der Waals surface area contributed by atoms with E-state index in [-0.39, 0.29) is 54.7 Å². The van der Waals surface area contributed by atoms with E-state index in [4.69, 9.17) is 14.2 Å². The molecule has 1 saturated heterocycles. The van der Waals surface area contributed by atoms with Gasteiger partial charge in [-0.3, -0.25) is 19.3 Å². The van der Waals surface area contributed by atoms with Crippen molar-refractivity contribution in [2.24, 2.45) is 35.5 Å². The average Bonchev–Trinajstić information content (AvgIpc) is 3.47. The van der Waals surface area contributed by atoms with Gasteiger partial charge in [-0.25, -0.2) is 0 Å². The molecular formula is C26H21NO6. The van der Waals surface area contributed by atoms with Crippen LogP contribution in [-0.2, 0) is 9.59 Å². The van der Waals surface area contributed by atoms with Gasteiger partial charge in [-0.15, -0.1) is 0 Å². The largest absolute Gasteiger partial charge is 0.485 e. The Morgan fingerprint density at radius 2 is 1.58 bits per heavy atom. The quantitative estimate of drug-likeness (QED) is 0.401. The van der Waals surface area contributed by atoms with Crippen molar-refractivity contribution in [3.05, 3.63) is 60.2 Å². The van der Waals surface area contributed by atoms with Gasteiger partial charge in [0.05, 0.1) is 17.5 Å². The molecule has 8 rings (SSSR count). The van der Waals surface area contributed by atoms with Gasteiger partial charge in [0.2, 0.25) is 18.6 Å². The molecule has 0 aromatic heterocycles. The number of ether oxygens (including phenoxy) is 3. The van der Waals surface area contributed by atoms with E-state index in [9.17, 15) is 14.4 Å². The third kappa shape index (κ3) is 2.71. The summed E-state index contributed by atoms with van der Waals surface area (Å²) in [6.07, 6.45) is 5.48. The maximum absolute atomic E-state index is 13.2. The molecule has 33 heavy (non-hydrogen) atoms. The summed E-state index contributed by atoms with van der Waals surface area (Å²) in [5.74, 6) is 2.45. The lowest BCUT2D eigenvalue weighted by Gasteiger charge is -2.37. The van der Waals surface area contributed by atoms with Crippen LogP contribution in [0.15, 0.2) is 54.6 Å². The molecule has 2 unspecified atom stereocenters. The summed E-state index contributed by atoms with van der Waals surface area (Å²) in [7, 11) is 0. The monoisotopic (exact) mass is 443 g/mol. The molecule has 3 fully saturated rings. The first-order valence-corrected chi connectivity index (χ1v) is 11.3. The lowest BCUT2D eigenvalue weighted by Crippen LogP contribution is -2.40. The first-order valence-electron chi connectivity index (χ1n) is 11.3. The number of amides is 2. The minimum Gasteiger partial charge on any atom is -0.485 e. The molecule has 2 aromatic rings. The number of rotatable bonds is 5. The van der Waals surface area contributed by atoms with Crippen molar-refractivity contribution in [2.75, 3.05) is 18.3 Å². The number of carbonyl (C=O) groups is 3. The molecule has 2 amide bonds. The molecule has 7 heteroatoms. The highest BCUT2D eigenvalue weighted by Crippen LogP contribution is 2.65. The highest BCUT2D eigenvalue weighted by molar-refractivity contribution is 6.22. The van der Waals surface area contributed by atoms with Gasteiger partial charge in [-0.1, -0.05) is 12.2 Å². The van der Waals surface area contributed by atoms with Crippen molar-refractivity contribution in [2.45, 2.75) is 6.42 Å². The molecule has 2 bridgehead atoms. The average molecular weight is 443 g/mol. The van der Waals surface area contributed by atoms with Crippen LogP contribution in [0.1, 0.15) is 16.8 Å². The number of Topliss-reactive ketones (excluding diaryl/α,β-unsaturated/α-hetero) is 1. The lowest BCUT2D eigenvalue weighted by molar-refractivity contribution is -0.124. The number of anilines is 1. The van der Waals surface area contributed by atoms with E-state index in [0.717, 1.165) is 6.42 Å².